The molecular weight excluding hydrogens is 448 g/mol. The van der Waals surface area contributed by atoms with Crippen LogP contribution in [0.2, 0.25) is 0 Å². The van der Waals surface area contributed by atoms with Crippen molar-refractivity contribution < 1.29 is 29.3 Å². The van der Waals surface area contributed by atoms with E-state index in [4.69, 9.17) is 4.74 Å². The molecule has 8 heteroatoms. The fourth-order valence-electron chi connectivity index (χ4n) is 4.57. The first-order chi connectivity index (χ1) is 16.5. The van der Waals surface area contributed by atoms with Gasteiger partial charge < -0.3 is 25.6 Å². The van der Waals surface area contributed by atoms with E-state index in [0.29, 0.717) is 6.42 Å². The number of aliphatic hydroxyl groups is 1. The Bertz CT molecular complexity index is 1030. The highest BCUT2D eigenvalue weighted by molar-refractivity contribution is 5.84. The Labute approximate surface area is 205 Å². The molecule has 4 N–H and O–H groups in total. The van der Waals surface area contributed by atoms with E-state index in [0.717, 1.165) is 22.3 Å². The Morgan fingerprint density at radius 3 is 2.00 bits per heavy atom. The summed E-state index contributed by atoms with van der Waals surface area (Å²) in [7, 11) is 0. The van der Waals surface area contributed by atoms with E-state index in [-0.39, 0.29) is 24.4 Å². The van der Waals surface area contributed by atoms with Crippen molar-refractivity contribution in [2.75, 3.05) is 6.61 Å². The highest BCUT2D eigenvalue weighted by Gasteiger charge is 2.31. The van der Waals surface area contributed by atoms with Crippen LogP contribution in [0.25, 0.3) is 11.1 Å². The fourth-order valence-corrected chi connectivity index (χ4v) is 4.57. The molecule has 0 radical (unpaired) electrons. The molecule has 0 fully saturated rings. The molecule has 2 amide bonds. The van der Waals surface area contributed by atoms with Crippen LogP contribution in [-0.2, 0) is 14.3 Å². The largest absolute Gasteiger partial charge is 0.480 e. The van der Waals surface area contributed by atoms with Gasteiger partial charge in [0, 0.05) is 18.4 Å². The number of benzene rings is 2. The number of carbonyl (C=O) groups excluding carboxylic acids is 2. The van der Waals surface area contributed by atoms with Gasteiger partial charge >= 0.3 is 12.1 Å². The number of fused-ring (bicyclic) bond motifs is 3. The summed E-state index contributed by atoms with van der Waals surface area (Å²) in [6.45, 7) is 7.38. The van der Waals surface area contributed by atoms with Crippen molar-refractivity contribution in [2.24, 2.45) is 5.41 Å². The van der Waals surface area contributed by atoms with E-state index in [9.17, 15) is 24.6 Å². The van der Waals surface area contributed by atoms with Gasteiger partial charge in [-0.15, -0.1) is 0 Å². The van der Waals surface area contributed by atoms with E-state index in [1.165, 1.54) is 6.92 Å². The highest BCUT2D eigenvalue weighted by atomic mass is 16.5. The first-order valence-electron chi connectivity index (χ1n) is 11.8. The number of ether oxygens (including phenoxy) is 1. The molecule has 0 heterocycles. The first-order valence-corrected chi connectivity index (χ1v) is 11.8. The average molecular weight is 483 g/mol. The van der Waals surface area contributed by atoms with E-state index < -0.39 is 36.2 Å². The Kier molecular flexibility index (Phi) is 8.17. The van der Waals surface area contributed by atoms with Crippen molar-refractivity contribution in [3.63, 3.8) is 0 Å². The van der Waals surface area contributed by atoms with Crippen molar-refractivity contribution in [3.8, 4) is 11.1 Å². The van der Waals surface area contributed by atoms with Crippen molar-refractivity contribution in [1.82, 2.24) is 10.6 Å². The molecule has 0 aliphatic heterocycles. The van der Waals surface area contributed by atoms with Crippen LogP contribution < -0.4 is 10.6 Å². The van der Waals surface area contributed by atoms with Gasteiger partial charge in [-0.25, -0.2) is 9.59 Å². The molecule has 0 spiro atoms. The zero-order valence-corrected chi connectivity index (χ0v) is 20.6. The van der Waals surface area contributed by atoms with E-state index in [2.05, 4.69) is 22.8 Å². The van der Waals surface area contributed by atoms with Crippen LogP contribution in [0.4, 0.5) is 4.79 Å². The quantitative estimate of drug-likeness (QED) is 0.432. The molecule has 3 rings (SSSR count). The smallest absolute Gasteiger partial charge is 0.407 e. The monoisotopic (exact) mass is 482 g/mol. The third-order valence-electron chi connectivity index (χ3n) is 6.02. The second-order valence-electron chi connectivity index (χ2n) is 10.3. The van der Waals surface area contributed by atoms with Gasteiger partial charge in [0.25, 0.3) is 0 Å². The minimum atomic E-state index is -1.42. The summed E-state index contributed by atoms with van der Waals surface area (Å²) in [5, 5.41) is 23.9. The lowest BCUT2D eigenvalue weighted by Crippen LogP contribution is -2.50. The summed E-state index contributed by atoms with van der Waals surface area (Å²) in [6, 6.07) is 14.1. The van der Waals surface area contributed by atoms with Crippen LogP contribution in [0, 0.1) is 5.41 Å². The third-order valence-corrected chi connectivity index (χ3v) is 6.02. The highest BCUT2D eigenvalue weighted by Crippen LogP contribution is 2.44. The second kappa shape index (κ2) is 10.9. The molecule has 1 aliphatic rings. The zero-order chi connectivity index (χ0) is 25.8. The van der Waals surface area contributed by atoms with Gasteiger partial charge in [0.15, 0.2) is 6.04 Å². The van der Waals surface area contributed by atoms with Crippen LogP contribution in [0.15, 0.2) is 48.5 Å². The summed E-state index contributed by atoms with van der Waals surface area (Å²) in [4.78, 5) is 36.5. The molecule has 2 aromatic carbocycles. The predicted octanol–water partition coefficient (Wildman–Crippen LogP) is 3.67. The SMILES string of the molecule is C[C@@H](O)[C@H](NC(=O)CC(CC(C)(C)C)NC(=O)OCC1c2ccccc2-c2ccccc21)C(=O)O. The number of nitrogens with one attached hydrogen (secondary N) is 2. The maximum absolute atomic E-state index is 12.7. The Morgan fingerprint density at radius 2 is 1.51 bits per heavy atom. The molecule has 188 valence electrons. The number of hydrogen-bond donors (Lipinski definition) is 4. The standard InChI is InChI=1S/C27H34N2O6/c1-16(30)24(25(32)33)29-23(31)13-17(14-27(2,3)4)28-26(34)35-15-22-20-11-7-5-9-18(20)19-10-6-8-12-21(19)22/h5-12,16-17,22,24,30H,13-15H2,1-4H3,(H,28,34)(H,29,31)(H,32,33)/t16-,17?,24+/m1/s1. The number of carboxylic acids is 1. The molecule has 1 aliphatic carbocycles. The lowest BCUT2D eigenvalue weighted by molar-refractivity contribution is -0.144. The number of aliphatic hydroxyl groups excluding tert-OH is 1. The molecule has 0 saturated heterocycles. The number of rotatable bonds is 9. The lowest BCUT2D eigenvalue weighted by Gasteiger charge is -2.27. The normalized spacial score (nSPS) is 15.3. The third kappa shape index (κ3) is 6.82. The maximum Gasteiger partial charge on any atom is 0.407 e. The Hall–Kier alpha value is -3.39. The number of hydrogen-bond acceptors (Lipinski definition) is 5. The first kappa shape index (κ1) is 26.2. The summed E-state index contributed by atoms with van der Waals surface area (Å²) in [6.07, 6.45) is -1.57. The van der Waals surface area contributed by atoms with Crippen LogP contribution in [0.1, 0.15) is 57.6 Å². The summed E-state index contributed by atoms with van der Waals surface area (Å²) >= 11 is 0. The summed E-state index contributed by atoms with van der Waals surface area (Å²) in [5.41, 5.74) is 4.25. The molecule has 0 saturated carbocycles. The number of amides is 2. The van der Waals surface area contributed by atoms with E-state index in [1.54, 1.807) is 0 Å². The number of alkyl carbamates (subject to hydrolysis) is 1. The fraction of sp³-hybridized carbons (Fsp3) is 0.444. The Morgan fingerprint density at radius 1 is 0.971 bits per heavy atom. The number of carbonyl (C=O) groups is 3. The van der Waals surface area contributed by atoms with Crippen molar-refractivity contribution in [1.29, 1.82) is 0 Å². The molecule has 2 aromatic rings. The average Bonchev–Trinajstić information content (AvgIpc) is 3.08. The second-order valence-corrected chi connectivity index (χ2v) is 10.3. The van der Waals surface area contributed by atoms with Gasteiger partial charge in [-0.1, -0.05) is 69.3 Å². The molecule has 3 atom stereocenters. The van der Waals surface area contributed by atoms with Crippen LogP contribution in [-0.4, -0.2) is 53.0 Å². The van der Waals surface area contributed by atoms with E-state index in [1.807, 2.05) is 57.2 Å². The zero-order valence-electron chi connectivity index (χ0n) is 20.6. The number of carboxylic acid groups (broad SMARTS) is 1. The van der Waals surface area contributed by atoms with Gasteiger partial charge in [-0.05, 0) is 41.0 Å². The molecular formula is C27H34N2O6. The van der Waals surface area contributed by atoms with Gasteiger partial charge in [0.2, 0.25) is 5.91 Å². The van der Waals surface area contributed by atoms with Crippen LogP contribution >= 0.6 is 0 Å². The molecule has 8 nitrogen and oxygen atoms in total. The minimum absolute atomic E-state index is 0.0834. The van der Waals surface area contributed by atoms with Crippen molar-refractivity contribution in [3.05, 3.63) is 59.7 Å². The van der Waals surface area contributed by atoms with Gasteiger partial charge in [-0.2, -0.15) is 0 Å². The van der Waals surface area contributed by atoms with Crippen LogP contribution in [0.3, 0.4) is 0 Å². The molecule has 1 unspecified atom stereocenters. The van der Waals surface area contributed by atoms with Crippen LogP contribution in [0.5, 0.6) is 0 Å². The summed E-state index contributed by atoms with van der Waals surface area (Å²) in [5.74, 6) is -1.99. The molecule has 35 heavy (non-hydrogen) atoms. The van der Waals surface area contributed by atoms with Gasteiger partial charge in [0.1, 0.15) is 6.61 Å². The van der Waals surface area contributed by atoms with Crippen molar-refractivity contribution in [2.45, 2.75) is 64.6 Å². The van der Waals surface area contributed by atoms with Gasteiger partial charge in [0.05, 0.1) is 6.10 Å². The molecule has 0 bridgehead atoms. The Balaban J connectivity index is 1.65. The predicted molar refractivity (Wildman–Crippen MR) is 132 cm³/mol. The van der Waals surface area contributed by atoms with Gasteiger partial charge in [-0.3, -0.25) is 4.79 Å². The summed E-state index contributed by atoms with van der Waals surface area (Å²) < 4.78 is 5.61. The molecule has 0 aromatic heterocycles. The maximum atomic E-state index is 12.7. The van der Waals surface area contributed by atoms with Crippen molar-refractivity contribution >= 4 is 18.0 Å². The lowest BCUT2D eigenvalue weighted by atomic mass is 9.87. The number of aliphatic carboxylic acids is 1. The topological polar surface area (TPSA) is 125 Å². The van der Waals surface area contributed by atoms with E-state index >= 15 is 0 Å². The minimum Gasteiger partial charge on any atom is -0.480 e.